The largest absolute Gasteiger partial charge is 0.337 e. The van der Waals surface area contributed by atoms with Crippen LogP contribution in [0.1, 0.15) is 11.3 Å². The number of hydrogen-bond acceptors (Lipinski definition) is 6. The summed E-state index contributed by atoms with van der Waals surface area (Å²) < 4.78 is 0. The minimum absolute atomic E-state index is 0.450. The molecule has 2 aromatic rings. The van der Waals surface area contributed by atoms with Gasteiger partial charge in [0.1, 0.15) is 0 Å². The van der Waals surface area contributed by atoms with Crippen LogP contribution in [-0.2, 0) is 5.88 Å². The molecule has 0 aliphatic carbocycles. The first-order valence-electron chi connectivity index (χ1n) is 6.93. The SMILES string of the molecule is Cc1nc(N2CCN(c3ncccn3)CC2)ncc1CCl. The van der Waals surface area contributed by atoms with Gasteiger partial charge in [0.05, 0.1) is 5.88 Å². The van der Waals surface area contributed by atoms with Crippen LogP contribution < -0.4 is 9.80 Å². The van der Waals surface area contributed by atoms with Crippen molar-refractivity contribution in [1.82, 2.24) is 19.9 Å². The fourth-order valence-corrected chi connectivity index (χ4v) is 2.59. The highest BCUT2D eigenvalue weighted by molar-refractivity contribution is 6.17. The third-order valence-corrected chi connectivity index (χ3v) is 3.90. The normalized spacial score (nSPS) is 15.3. The minimum Gasteiger partial charge on any atom is -0.337 e. The zero-order valence-electron chi connectivity index (χ0n) is 11.9. The zero-order chi connectivity index (χ0) is 14.7. The maximum absolute atomic E-state index is 5.84. The molecule has 1 aliphatic heterocycles. The van der Waals surface area contributed by atoms with E-state index in [4.69, 9.17) is 11.6 Å². The molecule has 2 aromatic heterocycles. The molecule has 0 radical (unpaired) electrons. The van der Waals surface area contributed by atoms with Gasteiger partial charge in [0.25, 0.3) is 0 Å². The van der Waals surface area contributed by atoms with Crippen molar-refractivity contribution < 1.29 is 0 Å². The van der Waals surface area contributed by atoms with Crippen LogP contribution in [-0.4, -0.2) is 46.1 Å². The maximum Gasteiger partial charge on any atom is 0.225 e. The van der Waals surface area contributed by atoms with Gasteiger partial charge in [-0.25, -0.2) is 19.9 Å². The second-order valence-electron chi connectivity index (χ2n) is 4.94. The smallest absolute Gasteiger partial charge is 0.225 e. The molecule has 1 fully saturated rings. The van der Waals surface area contributed by atoms with Crippen molar-refractivity contribution in [3.05, 3.63) is 35.9 Å². The van der Waals surface area contributed by atoms with Crippen LogP contribution in [0.5, 0.6) is 0 Å². The van der Waals surface area contributed by atoms with Crippen LogP contribution in [0.25, 0.3) is 0 Å². The van der Waals surface area contributed by atoms with Crippen LogP contribution in [0.3, 0.4) is 0 Å². The summed E-state index contributed by atoms with van der Waals surface area (Å²) in [6, 6.07) is 1.83. The van der Waals surface area contributed by atoms with Gasteiger partial charge >= 0.3 is 0 Å². The number of hydrogen-bond donors (Lipinski definition) is 0. The number of piperazine rings is 1. The lowest BCUT2D eigenvalue weighted by molar-refractivity contribution is 0.626. The van der Waals surface area contributed by atoms with Crippen molar-refractivity contribution in [1.29, 1.82) is 0 Å². The molecule has 1 aliphatic rings. The Morgan fingerprint density at radius 3 is 2.19 bits per heavy atom. The Kier molecular flexibility index (Phi) is 4.15. The highest BCUT2D eigenvalue weighted by Gasteiger charge is 2.20. The Morgan fingerprint density at radius 1 is 1.00 bits per heavy atom. The zero-order valence-corrected chi connectivity index (χ0v) is 12.7. The van der Waals surface area contributed by atoms with Crippen molar-refractivity contribution in [2.45, 2.75) is 12.8 Å². The maximum atomic E-state index is 5.84. The molecule has 0 spiro atoms. The predicted octanol–water partition coefficient (Wildman–Crippen LogP) is 1.64. The molecule has 0 bridgehead atoms. The van der Waals surface area contributed by atoms with E-state index in [0.717, 1.165) is 49.3 Å². The summed E-state index contributed by atoms with van der Waals surface area (Å²) >= 11 is 5.84. The number of halogens is 1. The first kappa shape index (κ1) is 14.0. The van der Waals surface area contributed by atoms with Crippen molar-refractivity contribution in [2.75, 3.05) is 36.0 Å². The number of aromatic nitrogens is 4. The third kappa shape index (κ3) is 3.05. The Bertz CT molecular complexity index is 598. The Balaban J connectivity index is 1.67. The minimum atomic E-state index is 0.450. The monoisotopic (exact) mass is 304 g/mol. The van der Waals surface area contributed by atoms with Crippen molar-refractivity contribution >= 4 is 23.5 Å². The molecule has 110 valence electrons. The molecule has 3 rings (SSSR count). The fraction of sp³-hybridized carbons (Fsp3) is 0.429. The fourth-order valence-electron chi connectivity index (χ4n) is 2.32. The highest BCUT2D eigenvalue weighted by Crippen LogP contribution is 2.16. The number of anilines is 2. The predicted molar refractivity (Wildman–Crippen MR) is 82.8 cm³/mol. The van der Waals surface area contributed by atoms with Gasteiger partial charge in [-0.1, -0.05) is 0 Å². The topological polar surface area (TPSA) is 58.0 Å². The lowest BCUT2D eigenvalue weighted by Gasteiger charge is -2.34. The number of aryl methyl sites for hydroxylation is 1. The van der Waals surface area contributed by atoms with Gasteiger partial charge in [0.15, 0.2) is 0 Å². The van der Waals surface area contributed by atoms with Gasteiger partial charge in [0.2, 0.25) is 11.9 Å². The van der Waals surface area contributed by atoms with E-state index in [2.05, 4.69) is 29.7 Å². The molecule has 0 N–H and O–H groups in total. The van der Waals surface area contributed by atoms with Crippen molar-refractivity contribution in [2.24, 2.45) is 0 Å². The number of rotatable bonds is 3. The second-order valence-corrected chi connectivity index (χ2v) is 5.20. The Hall–Kier alpha value is -1.95. The van der Waals surface area contributed by atoms with Crippen molar-refractivity contribution in [3.8, 4) is 0 Å². The van der Waals surface area contributed by atoms with Crippen LogP contribution >= 0.6 is 11.6 Å². The van der Waals surface area contributed by atoms with Gasteiger partial charge in [-0.15, -0.1) is 11.6 Å². The summed E-state index contributed by atoms with van der Waals surface area (Å²) in [4.78, 5) is 21.9. The number of nitrogens with zero attached hydrogens (tertiary/aromatic N) is 6. The van der Waals surface area contributed by atoms with Crippen LogP contribution in [0.4, 0.5) is 11.9 Å². The molecule has 0 saturated carbocycles. The summed E-state index contributed by atoms with van der Waals surface area (Å²) in [6.07, 6.45) is 5.36. The van der Waals surface area contributed by atoms with E-state index in [1.165, 1.54) is 0 Å². The molecule has 21 heavy (non-hydrogen) atoms. The first-order valence-corrected chi connectivity index (χ1v) is 7.47. The summed E-state index contributed by atoms with van der Waals surface area (Å²) in [7, 11) is 0. The molecule has 6 nitrogen and oxygen atoms in total. The molecule has 7 heteroatoms. The third-order valence-electron chi connectivity index (χ3n) is 3.61. The highest BCUT2D eigenvalue weighted by atomic mass is 35.5. The van der Waals surface area contributed by atoms with Gasteiger partial charge in [0, 0.05) is 56.0 Å². The van der Waals surface area contributed by atoms with E-state index in [-0.39, 0.29) is 0 Å². The van der Waals surface area contributed by atoms with Crippen molar-refractivity contribution in [3.63, 3.8) is 0 Å². The summed E-state index contributed by atoms with van der Waals surface area (Å²) in [5.41, 5.74) is 1.93. The van der Waals surface area contributed by atoms with Crippen LogP contribution in [0.15, 0.2) is 24.7 Å². The standard InChI is InChI=1S/C14H17ClN6/c1-11-12(9-15)10-18-14(19-11)21-7-5-20(6-8-21)13-16-3-2-4-17-13/h2-4,10H,5-9H2,1H3. The van der Waals surface area contributed by atoms with Gasteiger partial charge in [-0.2, -0.15) is 0 Å². The molecule has 1 saturated heterocycles. The second kappa shape index (κ2) is 6.22. The molecule has 3 heterocycles. The van der Waals surface area contributed by atoms with E-state index in [1.54, 1.807) is 12.4 Å². The molecule has 0 aromatic carbocycles. The van der Waals surface area contributed by atoms with Crippen LogP contribution in [0.2, 0.25) is 0 Å². The number of alkyl halides is 1. The van der Waals surface area contributed by atoms with Gasteiger partial charge in [-0.05, 0) is 13.0 Å². The summed E-state index contributed by atoms with van der Waals surface area (Å²) in [6.45, 7) is 5.42. The summed E-state index contributed by atoms with van der Waals surface area (Å²) in [5.74, 6) is 2.01. The first-order chi connectivity index (χ1) is 10.3. The van der Waals surface area contributed by atoms with Crippen LogP contribution in [0, 0.1) is 6.92 Å². The van der Waals surface area contributed by atoms with Gasteiger partial charge < -0.3 is 9.80 Å². The quantitative estimate of drug-likeness (QED) is 0.804. The van der Waals surface area contributed by atoms with Gasteiger partial charge in [-0.3, -0.25) is 0 Å². The van der Waals surface area contributed by atoms with E-state index in [0.29, 0.717) is 5.88 Å². The van der Waals surface area contributed by atoms with E-state index >= 15 is 0 Å². The molecular weight excluding hydrogens is 288 g/mol. The molecule has 0 unspecified atom stereocenters. The Labute approximate surface area is 128 Å². The van der Waals surface area contributed by atoms with E-state index in [1.807, 2.05) is 19.2 Å². The lowest BCUT2D eigenvalue weighted by Crippen LogP contribution is -2.47. The molecule has 0 atom stereocenters. The summed E-state index contributed by atoms with van der Waals surface area (Å²) in [5, 5.41) is 0. The lowest BCUT2D eigenvalue weighted by atomic mass is 10.3. The van der Waals surface area contributed by atoms with E-state index in [9.17, 15) is 0 Å². The average molecular weight is 305 g/mol. The molecular formula is C14H17ClN6. The Morgan fingerprint density at radius 2 is 1.62 bits per heavy atom. The van der Waals surface area contributed by atoms with E-state index < -0.39 is 0 Å². The molecule has 0 amide bonds. The average Bonchev–Trinajstić information content (AvgIpc) is 2.56.